The molecule has 2 heterocycles. The van der Waals surface area contributed by atoms with Gasteiger partial charge in [0.05, 0.1) is 0 Å². The molecule has 1 fully saturated rings. The van der Waals surface area contributed by atoms with Gasteiger partial charge in [-0.1, -0.05) is 18.2 Å². The Morgan fingerprint density at radius 3 is 2.80 bits per heavy atom. The maximum absolute atomic E-state index is 5.85. The summed E-state index contributed by atoms with van der Waals surface area (Å²) in [5.41, 5.74) is 2.35. The first-order valence-electron chi connectivity index (χ1n) is 7.60. The average Bonchev–Trinajstić information content (AvgIpc) is 2.76. The van der Waals surface area contributed by atoms with Crippen LogP contribution in [-0.4, -0.2) is 31.6 Å². The maximum atomic E-state index is 5.85. The normalized spacial score (nSPS) is 17.1. The zero-order valence-electron chi connectivity index (χ0n) is 12.5. The minimum atomic E-state index is 0.833. The van der Waals surface area contributed by atoms with Gasteiger partial charge in [0.15, 0.2) is 0 Å². The molecule has 3 rings (SSSR count). The van der Waals surface area contributed by atoms with Gasteiger partial charge in [0, 0.05) is 24.0 Å². The predicted molar refractivity (Wildman–Crippen MR) is 82.9 cm³/mol. The number of para-hydroxylation sites is 1. The van der Waals surface area contributed by atoms with Crippen LogP contribution in [0.5, 0.6) is 0 Å². The van der Waals surface area contributed by atoms with Crippen molar-refractivity contribution in [3.05, 3.63) is 35.6 Å². The van der Waals surface area contributed by atoms with Crippen LogP contribution in [0.1, 0.15) is 24.2 Å². The van der Waals surface area contributed by atoms with Crippen LogP contribution >= 0.6 is 0 Å². The Bertz CT molecular complexity index is 569. The molecule has 0 unspecified atom stereocenters. The predicted octanol–water partition coefficient (Wildman–Crippen LogP) is 3.17. The minimum absolute atomic E-state index is 0.833. The van der Waals surface area contributed by atoms with Crippen LogP contribution in [0.25, 0.3) is 11.0 Å². The van der Waals surface area contributed by atoms with Gasteiger partial charge < -0.3 is 14.6 Å². The Balaban J connectivity index is 1.70. The highest BCUT2D eigenvalue weighted by Gasteiger charge is 2.17. The molecule has 1 aromatic carbocycles. The molecule has 1 aliphatic rings. The Kier molecular flexibility index (Phi) is 4.08. The Morgan fingerprint density at radius 2 is 2.00 bits per heavy atom. The van der Waals surface area contributed by atoms with Crippen LogP contribution in [0.15, 0.2) is 28.7 Å². The number of nitrogens with zero attached hydrogens (tertiary/aromatic N) is 1. The van der Waals surface area contributed by atoms with Crippen LogP contribution in [0, 0.1) is 12.8 Å². The van der Waals surface area contributed by atoms with Gasteiger partial charge in [-0.15, -0.1) is 0 Å². The summed E-state index contributed by atoms with van der Waals surface area (Å²) in [6.45, 7) is 6.58. The van der Waals surface area contributed by atoms with E-state index in [1.807, 2.05) is 6.07 Å². The van der Waals surface area contributed by atoms with E-state index in [4.69, 9.17) is 4.42 Å². The van der Waals surface area contributed by atoms with E-state index >= 15 is 0 Å². The fraction of sp³-hybridized carbons (Fsp3) is 0.529. The minimum Gasteiger partial charge on any atom is -0.461 e. The standard InChI is InChI=1S/C17H24N2O/c1-13-16(15-5-3-4-6-17(15)20-13)12-19(2)11-14-7-9-18-10-8-14/h3-6,14,18H,7-12H2,1-2H3. The van der Waals surface area contributed by atoms with Crippen molar-refractivity contribution in [2.45, 2.75) is 26.3 Å². The lowest BCUT2D eigenvalue weighted by atomic mass is 9.97. The van der Waals surface area contributed by atoms with Crippen molar-refractivity contribution in [2.24, 2.45) is 5.92 Å². The van der Waals surface area contributed by atoms with Crippen LogP contribution in [0.3, 0.4) is 0 Å². The fourth-order valence-corrected chi connectivity index (χ4v) is 3.26. The molecule has 3 heteroatoms. The second-order valence-electron chi connectivity index (χ2n) is 6.02. The summed E-state index contributed by atoms with van der Waals surface area (Å²) in [4.78, 5) is 2.44. The zero-order chi connectivity index (χ0) is 13.9. The lowest BCUT2D eigenvalue weighted by Gasteiger charge is -2.27. The third kappa shape index (κ3) is 2.89. The molecule has 3 nitrogen and oxygen atoms in total. The van der Waals surface area contributed by atoms with Gasteiger partial charge in [-0.3, -0.25) is 0 Å². The number of hydrogen-bond acceptors (Lipinski definition) is 3. The van der Waals surface area contributed by atoms with Crippen LogP contribution in [0.2, 0.25) is 0 Å². The highest BCUT2D eigenvalue weighted by Crippen LogP contribution is 2.26. The van der Waals surface area contributed by atoms with Crippen LogP contribution < -0.4 is 5.32 Å². The Morgan fingerprint density at radius 1 is 1.25 bits per heavy atom. The van der Waals surface area contributed by atoms with E-state index in [0.717, 1.165) is 23.8 Å². The maximum Gasteiger partial charge on any atom is 0.134 e. The molecule has 0 aliphatic carbocycles. The number of piperidine rings is 1. The molecule has 2 aromatic rings. The number of hydrogen-bond donors (Lipinski definition) is 1. The van der Waals surface area contributed by atoms with E-state index in [1.165, 1.54) is 43.4 Å². The summed E-state index contributed by atoms with van der Waals surface area (Å²) in [7, 11) is 2.23. The highest BCUT2D eigenvalue weighted by molar-refractivity contribution is 5.82. The quantitative estimate of drug-likeness (QED) is 0.926. The fourth-order valence-electron chi connectivity index (χ4n) is 3.26. The number of nitrogens with one attached hydrogen (secondary N) is 1. The zero-order valence-corrected chi connectivity index (χ0v) is 12.5. The van der Waals surface area contributed by atoms with Gasteiger partial charge in [-0.25, -0.2) is 0 Å². The number of furan rings is 1. The molecule has 0 bridgehead atoms. The lowest BCUT2D eigenvalue weighted by Crippen LogP contribution is -2.34. The number of fused-ring (bicyclic) bond motifs is 1. The molecule has 20 heavy (non-hydrogen) atoms. The molecule has 0 atom stereocenters. The SMILES string of the molecule is Cc1oc2ccccc2c1CN(C)CC1CCNCC1. The monoisotopic (exact) mass is 272 g/mol. The van der Waals surface area contributed by atoms with Gasteiger partial charge in [0.2, 0.25) is 0 Å². The number of aryl methyl sites for hydroxylation is 1. The van der Waals surface area contributed by atoms with Crippen molar-refractivity contribution in [2.75, 3.05) is 26.7 Å². The third-order valence-electron chi connectivity index (χ3n) is 4.36. The lowest BCUT2D eigenvalue weighted by molar-refractivity contribution is 0.234. The van der Waals surface area contributed by atoms with E-state index in [0.29, 0.717) is 0 Å². The molecule has 108 valence electrons. The van der Waals surface area contributed by atoms with Gasteiger partial charge in [0.1, 0.15) is 11.3 Å². The Labute approximate surface area is 120 Å². The molecule has 1 N–H and O–H groups in total. The van der Waals surface area contributed by atoms with E-state index in [2.05, 4.69) is 42.4 Å². The molecule has 1 aliphatic heterocycles. The van der Waals surface area contributed by atoms with Crippen LogP contribution in [0.4, 0.5) is 0 Å². The van der Waals surface area contributed by atoms with E-state index in [9.17, 15) is 0 Å². The molecule has 1 aromatic heterocycles. The van der Waals surface area contributed by atoms with Crippen molar-refractivity contribution in [1.29, 1.82) is 0 Å². The first-order chi connectivity index (χ1) is 9.74. The second-order valence-corrected chi connectivity index (χ2v) is 6.02. The van der Waals surface area contributed by atoms with Crippen molar-refractivity contribution >= 4 is 11.0 Å². The summed E-state index contributed by atoms with van der Waals surface area (Å²) < 4.78 is 5.85. The van der Waals surface area contributed by atoms with Crippen molar-refractivity contribution < 1.29 is 4.42 Å². The summed E-state index contributed by atoms with van der Waals surface area (Å²) in [6.07, 6.45) is 2.60. The molecule has 1 saturated heterocycles. The molecular weight excluding hydrogens is 248 g/mol. The van der Waals surface area contributed by atoms with Gasteiger partial charge in [-0.2, -0.15) is 0 Å². The summed E-state index contributed by atoms with van der Waals surface area (Å²) in [5, 5.41) is 4.70. The van der Waals surface area contributed by atoms with Gasteiger partial charge in [0.25, 0.3) is 0 Å². The Hall–Kier alpha value is -1.32. The summed E-state index contributed by atoms with van der Waals surface area (Å²) in [5.74, 6) is 1.89. The van der Waals surface area contributed by atoms with Crippen molar-refractivity contribution in [1.82, 2.24) is 10.2 Å². The second kappa shape index (κ2) is 5.98. The first kappa shape index (κ1) is 13.7. The van der Waals surface area contributed by atoms with E-state index < -0.39 is 0 Å². The molecule has 0 radical (unpaired) electrons. The van der Waals surface area contributed by atoms with Gasteiger partial charge >= 0.3 is 0 Å². The molecular formula is C17H24N2O. The molecule has 0 amide bonds. The molecule has 0 spiro atoms. The summed E-state index contributed by atoms with van der Waals surface area (Å²) in [6, 6.07) is 8.35. The van der Waals surface area contributed by atoms with Crippen LogP contribution in [-0.2, 0) is 6.54 Å². The first-order valence-corrected chi connectivity index (χ1v) is 7.60. The van der Waals surface area contributed by atoms with Crippen molar-refractivity contribution in [3.63, 3.8) is 0 Å². The van der Waals surface area contributed by atoms with E-state index in [1.54, 1.807) is 0 Å². The summed E-state index contributed by atoms with van der Waals surface area (Å²) >= 11 is 0. The topological polar surface area (TPSA) is 28.4 Å². The number of benzene rings is 1. The molecule has 0 saturated carbocycles. The van der Waals surface area contributed by atoms with Crippen molar-refractivity contribution in [3.8, 4) is 0 Å². The average molecular weight is 272 g/mol. The van der Waals surface area contributed by atoms with Gasteiger partial charge in [-0.05, 0) is 51.9 Å². The third-order valence-corrected chi connectivity index (χ3v) is 4.36. The largest absolute Gasteiger partial charge is 0.461 e. The smallest absolute Gasteiger partial charge is 0.134 e. The highest BCUT2D eigenvalue weighted by atomic mass is 16.3. The number of rotatable bonds is 4. The van der Waals surface area contributed by atoms with E-state index in [-0.39, 0.29) is 0 Å².